The number of anilines is 5. The van der Waals surface area contributed by atoms with Gasteiger partial charge in [-0.1, -0.05) is 36.4 Å². The zero-order chi connectivity index (χ0) is 97.5. The lowest BCUT2D eigenvalue weighted by Crippen LogP contribution is -2.42. The number of rotatable bonds is 19. The molecule has 1 radical (unpaired) electrons. The molecule has 7 aromatic heterocycles. The van der Waals surface area contributed by atoms with Crippen molar-refractivity contribution in [2.45, 2.75) is 137 Å². The number of nitrogens with zero attached hydrogens (tertiary/aromatic N) is 20. The average molecular weight is 1850 g/mol. The van der Waals surface area contributed by atoms with E-state index in [0.29, 0.717) is 170 Å². The van der Waals surface area contributed by atoms with Crippen LogP contribution in [0.3, 0.4) is 0 Å². The molecule has 11 aromatic rings. The van der Waals surface area contributed by atoms with E-state index in [0.717, 1.165) is 53.6 Å². The second kappa shape index (κ2) is 43.7. The molecule has 134 heavy (non-hydrogen) atoms. The first kappa shape index (κ1) is 100. The number of aryl methyl sites for hydroxylation is 4. The standard InChI is InChI=1S/C23H29N7O3.C22H28N6O4.C17H20N6O2.C15H21N5O3.C8H10BO3.C6H11NO2/c1-15-7-8-16(12-18(15)33-4)29-20-21(24)25-14-26-22(20)30(23(29)32)17-9-11-28(13-17)19(31)6-5-10-27(2)3;1-13-6-7-14(10-16(13)31-5)27-17-18(23)24-12-25-19(17)28(20(27)29)15-8-9-26(11-15)21(30)32-22(2,3)4;1-10-3-4-11(7-13(10)25-2)22-14-15(18)20-9-21-16(14)23(17(22)24)12-5-6-19-8-12;1-15(2,3)23-14(22)19-5-4-9(7-19)20-11(21)6-10-12(16)17-8-18-13(10)20;1-6-3-4-7(12-9-10)5-8(6)11-2;1-7(2)5-3-4-6(8)9/h5-8,12,14,17H,9-11,13H2,1-4H3,(H2,24,25,26);6-7,10,12,15H,8-9,11H2,1-5H3,(H2,23,24,25);3-4,7,9,12,19H,5-6,8H2,1-2H3,(H2,18,20,21);8-9H,4-7H2,1-3H3,(H2,16,17,18);3-5,10H,1-2H3;3-4H,5H2,1-2H3,(H,8,9)/b6-5+;;;;;4-3+/t17-;15-;12-;9-;;/m1111../s1. The summed E-state index contributed by atoms with van der Waals surface area (Å²) in [4.78, 5) is 144. The number of likely N-dealkylation sites (N-methyl/N-ethyl adjacent to an activating group) is 2. The highest BCUT2D eigenvalue weighted by molar-refractivity contribution is 6.17. The molecule has 16 rings (SSSR count). The molecule has 12 heterocycles. The number of hydrogen-bond donors (Lipinski definition) is 7. The first-order chi connectivity index (χ1) is 63.7. The number of benzene rings is 4. The smallest absolute Gasteiger partial charge is 0.537 e. The first-order valence-corrected chi connectivity index (χ1v) is 43.3. The third kappa shape index (κ3) is 23.5. The van der Waals surface area contributed by atoms with Gasteiger partial charge in [0.1, 0.15) is 93.4 Å². The van der Waals surface area contributed by atoms with E-state index < -0.39 is 23.3 Å². The molecule has 4 atom stereocenters. The second-order valence-corrected chi connectivity index (χ2v) is 34.9. The Morgan fingerprint density at radius 1 is 0.493 bits per heavy atom. The predicted molar refractivity (Wildman–Crippen MR) is 508 cm³/mol. The van der Waals surface area contributed by atoms with Crippen molar-refractivity contribution >= 4 is 100 Å². The number of carboxylic acid groups (broad SMARTS) is 1. The molecule has 5 aliphatic heterocycles. The lowest BCUT2D eigenvalue weighted by atomic mass is 10.2. The number of hydrogen-bond acceptors (Lipinski definition) is 31. The van der Waals surface area contributed by atoms with Crippen molar-refractivity contribution in [2.24, 2.45) is 0 Å². The Bertz CT molecular complexity index is 6340. The van der Waals surface area contributed by atoms with Crippen LogP contribution in [0.2, 0.25) is 0 Å². The lowest BCUT2D eigenvalue weighted by Gasteiger charge is -2.26. The highest BCUT2D eigenvalue weighted by Gasteiger charge is 2.42. The van der Waals surface area contributed by atoms with Crippen LogP contribution in [0.5, 0.6) is 28.7 Å². The van der Waals surface area contributed by atoms with Gasteiger partial charge in [0, 0.05) is 101 Å². The van der Waals surface area contributed by atoms with Crippen LogP contribution in [0.1, 0.15) is 113 Å². The van der Waals surface area contributed by atoms with E-state index in [9.17, 15) is 38.4 Å². The molecule has 4 saturated heterocycles. The van der Waals surface area contributed by atoms with Crippen LogP contribution in [0.15, 0.2) is 137 Å². The molecular weight excluding hydrogens is 1730 g/mol. The van der Waals surface area contributed by atoms with Gasteiger partial charge in [-0.05, 0) is 176 Å². The molecule has 42 nitrogen and oxygen atoms in total. The minimum atomic E-state index is -0.892. The maximum atomic E-state index is 13.7. The number of nitrogens with one attached hydrogen (secondary N) is 1. The Labute approximate surface area is 775 Å². The number of aromatic nitrogens is 14. The van der Waals surface area contributed by atoms with Crippen molar-refractivity contribution in [3.8, 4) is 45.8 Å². The minimum Gasteiger partial charge on any atom is -0.537 e. The fraction of sp³-hybridized carbons (Fsp3) is 0.429. The summed E-state index contributed by atoms with van der Waals surface area (Å²) in [6, 6.07) is 21.4. The predicted octanol–water partition coefficient (Wildman–Crippen LogP) is 7.11. The van der Waals surface area contributed by atoms with E-state index in [2.05, 4.69) is 45.2 Å². The molecule has 11 N–H and O–H groups in total. The Kier molecular flexibility index (Phi) is 32.7. The van der Waals surface area contributed by atoms with E-state index in [4.69, 9.17) is 66.1 Å². The van der Waals surface area contributed by atoms with Crippen LogP contribution in [-0.2, 0) is 30.3 Å². The van der Waals surface area contributed by atoms with E-state index in [1.54, 1.807) is 103 Å². The van der Waals surface area contributed by atoms with Crippen molar-refractivity contribution in [1.29, 1.82) is 0 Å². The molecule has 0 saturated carbocycles. The van der Waals surface area contributed by atoms with Gasteiger partial charge in [-0.2, -0.15) is 0 Å². The van der Waals surface area contributed by atoms with E-state index in [1.807, 2.05) is 162 Å². The summed E-state index contributed by atoms with van der Waals surface area (Å²) in [6.45, 7) is 24.5. The Morgan fingerprint density at radius 2 is 0.866 bits per heavy atom. The van der Waals surface area contributed by atoms with Gasteiger partial charge in [-0.25, -0.2) is 68.6 Å². The number of carboxylic acids is 1. The van der Waals surface area contributed by atoms with Gasteiger partial charge in [0.2, 0.25) is 11.8 Å². The van der Waals surface area contributed by atoms with Crippen LogP contribution in [-0.4, -0.2) is 279 Å². The summed E-state index contributed by atoms with van der Waals surface area (Å²) < 4.78 is 46.5. The van der Waals surface area contributed by atoms with Crippen molar-refractivity contribution in [1.82, 2.24) is 97.1 Å². The third-order valence-corrected chi connectivity index (χ3v) is 22.4. The fourth-order valence-corrected chi connectivity index (χ4v) is 15.9. The van der Waals surface area contributed by atoms with Crippen molar-refractivity contribution in [3.05, 3.63) is 182 Å². The Morgan fingerprint density at radius 3 is 1.26 bits per heavy atom. The zero-order valence-electron chi connectivity index (χ0n) is 78.8. The van der Waals surface area contributed by atoms with Gasteiger partial charge in [0.05, 0.1) is 76.1 Å². The molecule has 713 valence electrons. The number of aliphatic carboxylic acids is 1. The van der Waals surface area contributed by atoms with Crippen LogP contribution in [0.4, 0.5) is 38.7 Å². The van der Waals surface area contributed by atoms with E-state index in [1.165, 1.54) is 34.4 Å². The molecule has 4 aromatic carbocycles. The highest BCUT2D eigenvalue weighted by Crippen LogP contribution is 2.37. The number of ether oxygens (including phenoxy) is 6. The van der Waals surface area contributed by atoms with Crippen LogP contribution < -0.4 is 73.8 Å². The summed E-state index contributed by atoms with van der Waals surface area (Å²) in [5.41, 5.74) is 31.8. The van der Waals surface area contributed by atoms with Crippen LogP contribution in [0.25, 0.3) is 50.6 Å². The molecule has 43 heteroatoms. The Balaban J connectivity index is 0.000000161. The maximum absolute atomic E-state index is 13.7. The van der Waals surface area contributed by atoms with Gasteiger partial charge in [0.25, 0.3) is 0 Å². The highest BCUT2D eigenvalue weighted by atomic mass is 16.6. The summed E-state index contributed by atoms with van der Waals surface area (Å²) in [5.74, 6) is 3.94. The monoisotopic (exact) mass is 1840 g/mol. The summed E-state index contributed by atoms with van der Waals surface area (Å²) in [6.07, 6.45) is 13.9. The number of fused-ring (bicyclic) bond motifs is 4. The van der Waals surface area contributed by atoms with E-state index in [-0.39, 0.29) is 83.0 Å². The number of carbonyl (C=O) groups is 5. The molecule has 0 aliphatic carbocycles. The van der Waals surface area contributed by atoms with Crippen LogP contribution in [0, 0.1) is 27.7 Å². The molecule has 0 spiro atoms. The van der Waals surface area contributed by atoms with Gasteiger partial charge in [-0.15, -0.1) is 0 Å². The average Bonchev–Trinajstić information content (AvgIpc) is 1.60. The van der Waals surface area contributed by atoms with Crippen molar-refractivity contribution < 1.29 is 67.2 Å². The van der Waals surface area contributed by atoms with E-state index >= 15 is 0 Å². The second-order valence-electron chi connectivity index (χ2n) is 34.9. The SMILES string of the molecule is CC(C)(C)OC(=O)N1CC[C@@H](N2C(=O)Cc3c(N)ncnc32)C1.CN(C)C/C=C/C(=O)O.COc1cc(-n2c(=O)n([C@@H]3CCN(C(=O)/C=C/CN(C)C)C3)c3ncnc(N)c32)ccc1C.COc1cc(-n2c(=O)n([C@@H]3CCN(C(=O)OC(C)(C)C)C3)c3ncnc(N)c32)ccc1C.COc1cc(-n2c(=O)n([C@@H]3CCNC3)c3ncnc(N)c32)ccc1C.COc1cc(O[B]O)ccc1C. The molecule has 0 unspecified atom stereocenters. The van der Waals surface area contributed by atoms with Crippen molar-refractivity contribution in [2.75, 3.05) is 150 Å². The van der Waals surface area contributed by atoms with Gasteiger partial charge >= 0.3 is 42.9 Å². The number of imidazole rings is 3. The summed E-state index contributed by atoms with van der Waals surface area (Å²) in [5, 5.41) is 19.8. The number of likely N-dealkylation sites (tertiary alicyclic amines) is 3. The summed E-state index contributed by atoms with van der Waals surface area (Å²) in [7, 11) is 14.7. The maximum Gasteiger partial charge on any atom is 0.569 e. The first-order valence-electron chi connectivity index (χ1n) is 43.3. The molecular formula is C91H119BN25O17. The minimum absolute atomic E-state index is 0.0526. The number of amides is 4. The zero-order valence-corrected chi connectivity index (χ0v) is 78.8. The molecule has 0 bridgehead atoms. The quantitative estimate of drug-likeness (QED) is 0.0313. The van der Waals surface area contributed by atoms with Crippen molar-refractivity contribution in [3.63, 3.8) is 0 Å². The number of nitrogens with two attached hydrogens (primary N) is 4. The Hall–Kier alpha value is -14.5. The largest absolute Gasteiger partial charge is 0.569 e. The van der Waals surface area contributed by atoms with Crippen LogP contribution >= 0.6 is 0 Å². The van der Waals surface area contributed by atoms with Gasteiger partial charge < -0.3 is 96.0 Å². The normalized spacial score (nSPS) is 16.4. The molecule has 4 amide bonds. The molecule has 4 fully saturated rings. The van der Waals surface area contributed by atoms with Gasteiger partial charge in [0.15, 0.2) is 34.4 Å². The topological polar surface area (TPSA) is 510 Å². The number of methoxy groups -OCH3 is 4. The number of nitrogen functional groups attached to an aromatic ring is 4. The number of carbonyl (C=O) groups excluding carboxylic acids is 4. The molecule has 5 aliphatic rings. The third-order valence-electron chi connectivity index (χ3n) is 22.4. The lowest BCUT2D eigenvalue weighted by molar-refractivity contribution is -0.131. The fourth-order valence-electron chi connectivity index (χ4n) is 15.9. The summed E-state index contributed by atoms with van der Waals surface area (Å²) >= 11 is 0. The van der Waals surface area contributed by atoms with Gasteiger partial charge in [-0.3, -0.25) is 41.9 Å².